The van der Waals surface area contributed by atoms with Crippen LogP contribution in [0.15, 0.2) is 36.7 Å². The van der Waals surface area contributed by atoms with Gasteiger partial charge in [0, 0.05) is 30.6 Å². The number of pyridine rings is 1. The summed E-state index contributed by atoms with van der Waals surface area (Å²) in [7, 11) is 0. The lowest BCUT2D eigenvalue weighted by atomic mass is 10.1. The first-order chi connectivity index (χ1) is 9.99. The lowest BCUT2D eigenvalue weighted by molar-refractivity contribution is -0.387. The van der Waals surface area contributed by atoms with Gasteiger partial charge in [0.1, 0.15) is 0 Å². The number of benzene rings is 1. The number of hydrogen-bond donors (Lipinski definition) is 1. The van der Waals surface area contributed by atoms with E-state index in [1.54, 1.807) is 12.4 Å². The highest BCUT2D eigenvalue weighted by Gasteiger charge is 2.17. The van der Waals surface area contributed by atoms with Crippen LogP contribution >= 0.6 is 0 Å². The quantitative estimate of drug-likeness (QED) is 0.691. The number of nitrogens with one attached hydrogen (secondary N) is 1. The number of nitro benzene ring substituents is 1. The van der Waals surface area contributed by atoms with Gasteiger partial charge in [0.25, 0.3) is 5.91 Å². The molecule has 1 aromatic heterocycles. The van der Waals surface area contributed by atoms with E-state index in [9.17, 15) is 19.3 Å². The minimum Gasteiger partial charge on any atom is -0.348 e. The number of aromatic nitrogens is 1. The number of halogens is 1. The second-order valence-electron chi connectivity index (χ2n) is 4.41. The molecule has 0 spiro atoms. The third-order valence-electron chi connectivity index (χ3n) is 2.99. The van der Waals surface area contributed by atoms with Gasteiger partial charge in [0.2, 0.25) is 5.82 Å². The predicted molar refractivity (Wildman–Crippen MR) is 73.2 cm³/mol. The number of amides is 1. The summed E-state index contributed by atoms with van der Waals surface area (Å²) < 4.78 is 13.2. The zero-order valence-corrected chi connectivity index (χ0v) is 11.2. The summed E-state index contributed by atoms with van der Waals surface area (Å²) in [6.45, 7) is 2.12. The van der Waals surface area contributed by atoms with Crippen LogP contribution in [0, 0.1) is 22.9 Å². The number of aryl methyl sites for hydroxylation is 1. The van der Waals surface area contributed by atoms with Gasteiger partial charge >= 0.3 is 5.69 Å². The molecular weight excluding hydrogens is 277 g/mol. The first kappa shape index (κ1) is 14.6. The third kappa shape index (κ3) is 3.38. The maximum Gasteiger partial charge on any atom is 0.305 e. The molecule has 0 aliphatic heterocycles. The molecule has 108 valence electrons. The van der Waals surface area contributed by atoms with Crippen molar-refractivity contribution in [2.75, 3.05) is 0 Å². The average molecular weight is 289 g/mol. The summed E-state index contributed by atoms with van der Waals surface area (Å²) in [5, 5.41) is 13.3. The minimum absolute atomic E-state index is 0.0321. The summed E-state index contributed by atoms with van der Waals surface area (Å²) in [6, 6.07) is 4.83. The van der Waals surface area contributed by atoms with Crippen molar-refractivity contribution in [1.82, 2.24) is 10.3 Å². The van der Waals surface area contributed by atoms with Gasteiger partial charge in [-0.3, -0.25) is 19.9 Å². The summed E-state index contributed by atoms with van der Waals surface area (Å²) in [5.41, 5.74) is 1.11. The van der Waals surface area contributed by atoms with Gasteiger partial charge in [-0.05, 0) is 36.2 Å². The van der Waals surface area contributed by atoms with Gasteiger partial charge < -0.3 is 5.32 Å². The van der Waals surface area contributed by atoms with Gasteiger partial charge in [0.05, 0.1) is 4.92 Å². The number of hydrogen-bond acceptors (Lipinski definition) is 4. The van der Waals surface area contributed by atoms with Crippen molar-refractivity contribution >= 4 is 11.6 Å². The number of carbonyl (C=O) groups is 1. The monoisotopic (exact) mass is 289 g/mol. The molecule has 1 aromatic carbocycles. The van der Waals surface area contributed by atoms with Crippen LogP contribution in [0.4, 0.5) is 10.1 Å². The smallest absolute Gasteiger partial charge is 0.305 e. The van der Waals surface area contributed by atoms with Gasteiger partial charge in [-0.1, -0.05) is 0 Å². The molecule has 1 N–H and O–H groups in total. The SMILES string of the molecule is Cc1ccncc1CNC(=O)c1ccc(F)c([N+](=O)[O-])c1. The fourth-order valence-electron chi connectivity index (χ4n) is 1.75. The average Bonchev–Trinajstić information content (AvgIpc) is 2.46. The molecule has 0 unspecified atom stereocenters. The highest BCUT2D eigenvalue weighted by molar-refractivity contribution is 5.94. The number of nitrogens with zero attached hydrogens (tertiary/aromatic N) is 2. The van der Waals surface area contributed by atoms with E-state index in [1.165, 1.54) is 6.07 Å². The second-order valence-corrected chi connectivity index (χ2v) is 4.41. The topological polar surface area (TPSA) is 85.1 Å². The van der Waals surface area contributed by atoms with Crippen LogP contribution in [-0.2, 0) is 6.54 Å². The second kappa shape index (κ2) is 6.08. The number of rotatable bonds is 4. The molecule has 0 saturated carbocycles. The zero-order chi connectivity index (χ0) is 15.4. The Bertz CT molecular complexity index is 704. The standard InChI is InChI=1S/C14H12FN3O3/c1-9-4-5-16-7-11(9)8-17-14(19)10-2-3-12(15)13(6-10)18(20)21/h2-7H,8H2,1H3,(H,17,19). The molecule has 21 heavy (non-hydrogen) atoms. The number of nitro groups is 1. The van der Waals surface area contributed by atoms with E-state index in [0.717, 1.165) is 23.3 Å². The maximum absolute atomic E-state index is 13.2. The Morgan fingerprint density at radius 3 is 2.86 bits per heavy atom. The van der Waals surface area contributed by atoms with E-state index in [2.05, 4.69) is 10.3 Å². The Morgan fingerprint density at radius 2 is 2.19 bits per heavy atom. The Morgan fingerprint density at radius 1 is 1.43 bits per heavy atom. The molecule has 1 amide bonds. The van der Waals surface area contributed by atoms with E-state index in [-0.39, 0.29) is 12.1 Å². The van der Waals surface area contributed by atoms with Crippen LogP contribution in [0.1, 0.15) is 21.5 Å². The molecule has 1 heterocycles. The fraction of sp³-hybridized carbons (Fsp3) is 0.143. The molecule has 0 atom stereocenters. The summed E-state index contributed by atoms with van der Waals surface area (Å²) in [5.74, 6) is -1.49. The molecule has 6 nitrogen and oxygen atoms in total. The van der Waals surface area contributed by atoms with Crippen molar-refractivity contribution in [2.24, 2.45) is 0 Å². The Hall–Kier alpha value is -2.83. The minimum atomic E-state index is -0.973. The third-order valence-corrected chi connectivity index (χ3v) is 2.99. The Kier molecular flexibility index (Phi) is 4.22. The van der Waals surface area contributed by atoms with Gasteiger partial charge in [-0.2, -0.15) is 4.39 Å². The van der Waals surface area contributed by atoms with Crippen LogP contribution in [0.5, 0.6) is 0 Å². The molecule has 2 aromatic rings. The first-order valence-electron chi connectivity index (χ1n) is 6.10. The van der Waals surface area contributed by atoms with Crippen LogP contribution in [0.2, 0.25) is 0 Å². The van der Waals surface area contributed by atoms with Crippen molar-refractivity contribution in [1.29, 1.82) is 0 Å². The summed E-state index contributed by atoms with van der Waals surface area (Å²) >= 11 is 0. The van der Waals surface area contributed by atoms with E-state index in [1.807, 2.05) is 13.0 Å². The molecule has 7 heteroatoms. The van der Waals surface area contributed by atoms with E-state index < -0.39 is 22.3 Å². The maximum atomic E-state index is 13.2. The van der Waals surface area contributed by atoms with Crippen molar-refractivity contribution < 1.29 is 14.1 Å². The molecule has 0 aliphatic rings. The Balaban J connectivity index is 2.12. The highest BCUT2D eigenvalue weighted by atomic mass is 19.1. The van der Waals surface area contributed by atoms with Crippen LogP contribution < -0.4 is 5.32 Å². The lowest BCUT2D eigenvalue weighted by Crippen LogP contribution is -2.23. The number of carbonyl (C=O) groups excluding carboxylic acids is 1. The molecule has 0 fully saturated rings. The van der Waals surface area contributed by atoms with Crippen molar-refractivity contribution in [3.63, 3.8) is 0 Å². The van der Waals surface area contributed by atoms with Crippen molar-refractivity contribution in [3.05, 3.63) is 69.3 Å². The molecule has 0 aliphatic carbocycles. The van der Waals surface area contributed by atoms with Crippen molar-refractivity contribution in [2.45, 2.75) is 13.5 Å². The Labute approximate surface area is 119 Å². The largest absolute Gasteiger partial charge is 0.348 e. The molecule has 0 radical (unpaired) electrons. The summed E-state index contributed by atoms with van der Waals surface area (Å²) in [6.07, 6.45) is 3.27. The normalized spacial score (nSPS) is 10.2. The van der Waals surface area contributed by atoms with Crippen LogP contribution in [0.25, 0.3) is 0 Å². The fourth-order valence-corrected chi connectivity index (χ4v) is 1.75. The molecule has 0 bridgehead atoms. The van der Waals surface area contributed by atoms with E-state index >= 15 is 0 Å². The van der Waals surface area contributed by atoms with E-state index in [4.69, 9.17) is 0 Å². The zero-order valence-electron chi connectivity index (χ0n) is 11.2. The highest BCUT2D eigenvalue weighted by Crippen LogP contribution is 2.18. The van der Waals surface area contributed by atoms with E-state index in [0.29, 0.717) is 0 Å². The van der Waals surface area contributed by atoms with Gasteiger partial charge in [-0.15, -0.1) is 0 Å². The molecular formula is C14H12FN3O3. The predicted octanol–water partition coefficient (Wildman–Crippen LogP) is 2.37. The van der Waals surface area contributed by atoms with Crippen LogP contribution in [0.3, 0.4) is 0 Å². The summed E-state index contributed by atoms with van der Waals surface area (Å²) in [4.78, 5) is 25.7. The molecule has 2 rings (SSSR count). The van der Waals surface area contributed by atoms with Crippen LogP contribution in [-0.4, -0.2) is 15.8 Å². The molecule has 0 saturated heterocycles. The van der Waals surface area contributed by atoms with Gasteiger partial charge in [-0.25, -0.2) is 0 Å². The lowest BCUT2D eigenvalue weighted by Gasteiger charge is -2.07. The van der Waals surface area contributed by atoms with Gasteiger partial charge in [0.15, 0.2) is 0 Å². The first-order valence-corrected chi connectivity index (χ1v) is 6.10. The van der Waals surface area contributed by atoms with Crippen molar-refractivity contribution in [3.8, 4) is 0 Å².